The van der Waals surface area contributed by atoms with Crippen LogP contribution in [0.25, 0.3) is 5.65 Å². The largest absolute Gasteiger partial charge is 0.417 e. The second-order valence-corrected chi connectivity index (χ2v) is 8.52. The van der Waals surface area contributed by atoms with Crippen molar-refractivity contribution >= 4 is 17.2 Å². The van der Waals surface area contributed by atoms with Crippen molar-refractivity contribution < 1.29 is 18.0 Å². The molecular formula is C23H26F3N5O. The number of alkyl halides is 3. The number of hydrogen-bond acceptors (Lipinski definition) is 4. The van der Waals surface area contributed by atoms with Gasteiger partial charge in [0.1, 0.15) is 5.82 Å². The van der Waals surface area contributed by atoms with Crippen molar-refractivity contribution in [2.75, 3.05) is 18.4 Å². The van der Waals surface area contributed by atoms with E-state index in [4.69, 9.17) is 0 Å². The van der Waals surface area contributed by atoms with Crippen LogP contribution in [0.3, 0.4) is 0 Å². The molecule has 1 amide bonds. The van der Waals surface area contributed by atoms with Crippen molar-refractivity contribution in [1.29, 1.82) is 0 Å². The number of piperidine rings is 1. The molecule has 0 bridgehead atoms. The van der Waals surface area contributed by atoms with E-state index in [0.717, 1.165) is 48.5 Å². The second-order valence-electron chi connectivity index (χ2n) is 8.52. The lowest BCUT2D eigenvalue weighted by Gasteiger charge is -2.35. The smallest absolute Gasteiger partial charge is 0.324 e. The number of rotatable bonds is 4. The number of hydrogen-bond donors (Lipinski definition) is 1. The van der Waals surface area contributed by atoms with E-state index in [0.29, 0.717) is 18.0 Å². The first kappa shape index (κ1) is 22.3. The molecule has 0 spiro atoms. The lowest BCUT2D eigenvalue weighted by molar-refractivity contribution is -0.137. The summed E-state index contributed by atoms with van der Waals surface area (Å²) in [6.45, 7) is 7.07. The van der Waals surface area contributed by atoms with Gasteiger partial charge in [0, 0.05) is 24.3 Å². The summed E-state index contributed by atoms with van der Waals surface area (Å²) in [5.41, 5.74) is 2.55. The molecule has 1 aliphatic heterocycles. The molecule has 2 atom stereocenters. The molecule has 3 heterocycles. The van der Waals surface area contributed by atoms with Crippen LogP contribution in [0.2, 0.25) is 0 Å². The molecule has 0 aliphatic carbocycles. The third-order valence-electron chi connectivity index (χ3n) is 6.14. The van der Waals surface area contributed by atoms with E-state index < -0.39 is 11.7 Å². The molecule has 2 unspecified atom stereocenters. The number of likely N-dealkylation sites (tertiary alicyclic amines) is 1. The fourth-order valence-corrected chi connectivity index (χ4v) is 4.28. The summed E-state index contributed by atoms with van der Waals surface area (Å²) in [6, 6.07) is 7.83. The van der Waals surface area contributed by atoms with Crippen molar-refractivity contribution in [2.24, 2.45) is 0 Å². The number of nitrogens with one attached hydrogen (secondary N) is 1. The minimum atomic E-state index is -4.44. The SMILES string of the molecule is Cc1ccc(NC(=O)C(C)N2CCCC(c3nnc4ccc(C(F)(F)F)cn34)C2)c(C)c1. The Morgan fingerprint density at radius 2 is 1.97 bits per heavy atom. The highest BCUT2D eigenvalue weighted by atomic mass is 19.4. The summed E-state index contributed by atoms with van der Waals surface area (Å²) >= 11 is 0. The molecule has 1 N–H and O–H groups in total. The Hall–Kier alpha value is -2.94. The highest BCUT2D eigenvalue weighted by molar-refractivity contribution is 5.95. The Morgan fingerprint density at radius 1 is 1.19 bits per heavy atom. The van der Waals surface area contributed by atoms with E-state index in [-0.39, 0.29) is 17.9 Å². The number of halogens is 3. The Kier molecular flexibility index (Phi) is 5.94. The van der Waals surface area contributed by atoms with Crippen molar-refractivity contribution in [3.05, 3.63) is 59.0 Å². The van der Waals surface area contributed by atoms with E-state index in [1.807, 2.05) is 39.0 Å². The number of carbonyl (C=O) groups is 1. The van der Waals surface area contributed by atoms with Crippen molar-refractivity contribution in [3.63, 3.8) is 0 Å². The van der Waals surface area contributed by atoms with Gasteiger partial charge in [0.05, 0.1) is 11.6 Å². The van der Waals surface area contributed by atoms with Crippen LogP contribution in [0.5, 0.6) is 0 Å². The van der Waals surface area contributed by atoms with Crippen molar-refractivity contribution in [2.45, 2.75) is 51.7 Å². The highest BCUT2D eigenvalue weighted by Crippen LogP contribution is 2.32. The maximum atomic E-state index is 13.2. The maximum Gasteiger partial charge on any atom is 0.417 e. The Labute approximate surface area is 184 Å². The lowest BCUT2D eigenvalue weighted by Crippen LogP contribution is -2.46. The van der Waals surface area contributed by atoms with E-state index in [1.54, 1.807) is 0 Å². The molecule has 1 fully saturated rings. The molecule has 1 saturated heterocycles. The molecule has 0 saturated carbocycles. The van der Waals surface area contributed by atoms with Crippen LogP contribution in [0.1, 0.15) is 48.2 Å². The number of benzene rings is 1. The van der Waals surface area contributed by atoms with Gasteiger partial charge in [0.2, 0.25) is 5.91 Å². The average molecular weight is 445 g/mol. The fraction of sp³-hybridized carbons (Fsp3) is 0.435. The molecule has 6 nitrogen and oxygen atoms in total. The van der Waals surface area contributed by atoms with Gasteiger partial charge in [-0.2, -0.15) is 13.2 Å². The highest BCUT2D eigenvalue weighted by Gasteiger charge is 2.33. The summed E-state index contributed by atoms with van der Waals surface area (Å²) in [6.07, 6.45) is -1.78. The topological polar surface area (TPSA) is 62.5 Å². The van der Waals surface area contributed by atoms with Crippen LogP contribution >= 0.6 is 0 Å². The van der Waals surface area contributed by atoms with Gasteiger partial charge < -0.3 is 5.32 Å². The average Bonchev–Trinajstić information content (AvgIpc) is 3.18. The predicted octanol–water partition coefficient (Wildman–Crippen LogP) is 4.57. The lowest BCUT2D eigenvalue weighted by atomic mass is 9.95. The number of carbonyl (C=O) groups excluding carboxylic acids is 1. The molecular weight excluding hydrogens is 419 g/mol. The molecule has 1 aromatic carbocycles. The summed E-state index contributed by atoms with van der Waals surface area (Å²) in [5.74, 6) is 0.277. The van der Waals surface area contributed by atoms with Gasteiger partial charge in [-0.3, -0.25) is 14.1 Å². The van der Waals surface area contributed by atoms with Gasteiger partial charge in [-0.15, -0.1) is 10.2 Å². The number of fused-ring (bicyclic) bond motifs is 1. The summed E-state index contributed by atoms with van der Waals surface area (Å²) in [5, 5.41) is 11.2. The fourth-order valence-electron chi connectivity index (χ4n) is 4.28. The quantitative estimate of drug-likeness (QED) is 0.639. The molecule has 3 aromatic rings. The second kappa shape index (κ2) is 8.54. The summed E-state index contributed by atoms with van der Waals surface area (Å²) < 4.78 is 41.0. The van der Waals surface area contributed by atoms with E-state index in [9.17, 15) is 18.0 Å². The molecule has 9 heteroatoms. The third kappa shape index (κ3) is 4.48. The molecule has 2 aromatic heterocycles. The Morgan fingerprint density at radius 3 is 2.69 bits per heavy atom. The van der Waals surface area contributed by atoms with Gasteiger partial charge in [-0.25, -0.2) is 0 Å². The van der Waals surface area contributed by atoms with Crippen LogP contribution < -0.4 is 5.32 Å². The molecule has 170 valence electrons. The number of amides is 1. The van der Waals surface area contributed by atoms with Crippen LogP contribution in [0.15, 0.2) is 36.5 Å². The van der Waals surface area contributed by atoms with E-state index in [2.05, 4.69) is 20.4 Å². The zero-order chi connectivity index (χ0) is 23.0. The molecule has 32 heavy (non-hydrogen) atoms. The van der Waals surface area contributed by atoms with Gasteiger partial charge in [0.25, 0.3) is 0 Å². The first-order chi connectivity index (χ1) is 15.1. The monoisotopic (exact) mass is 445 g/mol. The van der Waals surface area contributed by atoms with Crippen molar-refractivity contribution in [1.82, 2.24) is 19.5 Å². The number of aryl methyl sites for hydroxylation is 2. The first-order valence-electron chi connectivity index (χ1n) is 10.7. The van der Waals surface area contributed by atoms with Crippen LogP contribution in [-0.4, -0.2) is 44.5 Å². The maximum absolute atomic E-state index is 13.2. The normalized spacial score (nSPS) is 18.6. The van der Waals surface area contributed by atoms with E-state index in [1.165, 1.54) is 10.5 Å². The number of pyridine rings is 1. The van der Waals surface area contributed by atoms with E-state index >= 15 is 0 Å². The Balaban J connectivity index is 1.51. The molecule has 1 aliphatic rings. The van der Waals surface area contributed by atoms with Crippen LogP contribution in [-0.2, 0) is 11.0 Å². The number of nitrogens with zero attached hydrogens (tertiary/aromatic N) is 4. The minimum absolute atomic E-state index is 0.108. The first-order valence-corrected chi connectivity index (χ1v) is 10.7. The van der Waals surface area contributed by atoms with Gasteiger partial charge in [-0.05, 0) is 63.9 Å². The minimum Gasteiger partial charge on any atom is -0.324 e. The molecule has 4 rings (SSSR count). The summed E-state index contributed by atoms with van der Waals surface area (Å²) in [7, 11) is 0. The number of anilines is 1. The zero-order valence-electron chi connectivity index (χ0n) is 18.3. The predicted molar refractivity (Wildman–Crippen MR) is 116 cm³/mol. The standard InChI is InChI=1S/C23H26F3N5O/c1-14-6-8-19(15(2)11-14)27-22(32)16(3)30-10-4-5-17(12-30)21-29-28-20-9-7-18(13-31(20)21)23(24,25)26/h6-9,11,13,16-17H,4-5,10,12H2,1-3H3,(H,27,32). The van der Waals surface area contributed by atoms with Gasteiger partial charge in [-0.1, -0.05) is 17.7 Å². The number of aromatic nitrogens is 3. The van der Waals surface area contributed by atoms with Crippen LogP contribution in [0.4, 0.5) is 18.9 Å². The summed E-state index contributed by atoms with van der Waals surface area (Å²) in [4.78, 5) is 15.0. The van der Waals surface area contributed by atoms with Crippen molar-refractivity contribution in [3.8, 4) is 0 Å². The third-order valence-corrected chi connectivity index (χ3v) is 6.14. The van der Waals surface area contributed by atoms with Gasteiger partial charge in [0.15, 0.2) is 5.65 Å². The zero-order valence-corrected chi connectivity index (χ0v) is 18.3. The van der Waals surface area contributed by atoms with Gasteiger partial charge >= 0.3 is 6.18 Å². The Bertz CT molecular complexity index is 1140. The molecule has 0 radical (unpaired) electrons. The van der Waals surface area contributed by atoms with Crippen LogP contribution in [0, 0.1) is 13.8 Å².